The summed E-state index contributed by atoms with van der Waals surface area (Å²) < 4.78 is 4.71. The molecule has 0 saturated carbocycles. The predicted molar refractivity (Wildman–Crippen MR) is 82.2 cm³/mol. The number of benzene rings is 1. The molecule has 1 saturated heterocycles. The summed E-state index contributed by atoms with van der Waals surface area (Å²) in [6, 6.07) is 7.72. The number of nitrogens with one attached hydrogen (secondary N) is 1. The van der Waals surface area contributed by atoms with Gasteiger partial charge < -0.3 is 15.0 Å². The maximum atomic E-state index is 12.0. The third-order valence-corrected chi connectivity index (χ3v) is 3.55. The summed E-state index contributed by atoms with van der Waals surface area (Å²) in [5.74, 6) is -0.138. The second kappa shape index (κ2) is 6.61. The Hall–Kier alpha value is -2.04. The van der Waals surface area contributed by atoms with Gasteiger partial charge in [0.15, 0.2) is 0 Å². The summed E-state index contributed by atoms with van der Waals surface area (Å²) in [5, 5.41) is 3.33. The van der Waals surface area contributed by atoms with Crippen LogP contribution >= 0.6 is 0 Å². The van der Waals surface area contributed by atoms with Crippen LogP contribution in [-0.2, 0) is 14.3 Å². The minimum Gasteiger partial charge on any atom is -0.469 e. The SMILES string of the molecule is COC(=O)C1CC(=O)N(c2ccc(NCC(C)C)cc2)C1. The monoisotopic (exact) mass is 290 g/mol. The van der Waals surface area contributed by atoms with E-state index in [9.17, 15) is 9.59 Å². The van der Waals surface area contributed by atoms with Crippen LogP contribution in [0.2, 0.25) is 0 Å². The van der Waals surface area contributed by atoms with E-state index in [0.29, 0.717) is 12.5 Å². The Labute approximate surface area is 125 Å². The number of carbonyl (C=O) groups excluding carboxylic acids is 2. The molecule has 0 bridgehead atoms. The number of esters is 1. The first kappa shape index (κ1) is 15.4. The number of ether oxygens (including phenoxy) is 1. The largest absolute Gasteiger partial charge is 0.469 e. The molecule has 1 aliphatic heterocycles. The fourth-order valence-corrected chi connectivity index (χ4v) is 2.36. The Balaban J connectivity index is 2.02. The lowest BCUT2D eigenvalue weighted by Gasteiger charge is -2.17. The molecular formula is C16H22N2O3. The Kier molecular flexibility index (Phi) is 4.83. The Bertz CT molecular complexity index is 511. The van der Waals surface area contributed by atoms with E-state index in [1.165, 1.54) is 7.11 Å². The molecule has 114 valence electrons. The third kappa shape index (κ3) is 3.74. The molecule has 1 amide bonds. The summed E-state index contributed by atoms with van der Waals surface area (Å²) in [5.41, 5.74) is 1.85. The van der Waals surface area contributed by atoms with E-state index in [0.717, 1.165) is 17.9 Å². The zero-order valence-electron chi connectivity index (χ0n) is 12.8. The van der Waals surface area contributed by atoms with Crippen molar-refractivity contribution in [1.29, 1.82) is 0 Å². The normalized spacial score (nSPS) is 18.2. The third-order valence-electron chi connectivity index (χ3n) is 3.55. The first-order valence-corrected chi connectivity index (χ1v) is 7.23. The molecular weight excluding hydrogens is 268 g/mol. The number of anilines is 2. The van der Waals surface area contributed by atoms with Crippen LogP contribution in [0.4, 0.5) is 11.4 Å². The molecule has 2 rings (SSSR count). The van der Waals surface area contributed by atoms with Gasteiger partial charge in [-0.3, -0.25) is 9.59 Å². The summed E-state index contributed by atoms with van der Waals surface area (Å²) in [6.45, 7) is 5.60. The van der Waals surface area contributed by atoms with E-state index in [2.05, 4.69) is 19.2 Å². The fourth-order valence-electron chi connectivity index (χ4n) is 2.36. The highest BCUT2D eigenvalue weighted by molar-refractivity contribution is 5.99. The van der Waals surface area contributed by atoms with Gasteiger partial charge in [-0.25, -0.2) is 0 Å². The summed E-state index contributed by atoms with van der Waals surface area (Å²) in [4.78, 5) is 25.2. The van der Waals surface area contributed by atoms with Gasteiger partial charge in [-0.05, 0) is 30.2 Å². The van der Waals surface area contributed by atoms with Crippen molar-refractivity contribution in [3.05, 3.63) is 24.3 Å². The van der Waals surface area contributed by atoms with Crippen LogP contribution in [0.15, 0.2) is 24.3 Å². The lowest BCUT2D eigenvalue weighted by molar-refractivity contribution is -0.145. The quantitative estimate of drug-likeness (QED) is 0.845. The lowest BCUT2D eigenvalue weighted by Crippen LogP contribution is -2.26. The molecule has 1 atom stereocenters. The van der Waals surface area contributed by atoms with Crippen LogP contribution in [0.5, 0.6) is 0 Å². The minimum atomic E-state index is -0.360. The number of nitrogens with zero attached hydrogens (tertiary/aromatic N) is 1. The molecule has 1 fully saturated rings. The molecule has 21 heavy (non-hydrogen) atoms. The molecule has 1 N–H and O–H groups in total. The zero-order chi connectivity index (χ0) is 15.4. The molecule has 1 unspecified atom stereocenters. The van der Waals surface area contributed by atoms with E-state index in [1.807, 2.05) is 24.3 Å². The van der Waals surface area contributed by atoms with Crippen LogP contribution in [-0.4, -0.2) is 32.1 Å². The maximum Gasteiger partial charge on any atom is 0.311 e. The first-order valence-electron chi connectivity index (χ1n) is 7.23. The average Bonchev–Trinajstić information content (AvgIpc) is 2.87. The highest BCUT2D eigenvalue weighted by Gasteiger charge is 2.35. The van der Waals surface area contributed by atoms with Gasteiger partial charge in [0, 0.05) is 30.9 Å². The average molecular weight is 290 g/mol. The van der Waals surface area contributed by atoms with Crippen LogP contribution < -0.4 is 10.2 Å². The highest BCUT2D eigenvalue weighted by atomic mass is 16.5. The topological polar surface area (TPSA) is 58.6 Å². The van der Waals surface area contributed by atoms with Crippen LogP contribution in [0.3, 0.4) is 0 Å². The van der Waals surface area contributed by atoms with Gasteiger partial charge in [-0.15, -0.1) is 0 Å². The van der Waals surface area contributed by atoms with Crippen molar-refractivity contribution in [2.75, 3.05) is 30.4 Å². The number of amides is 1. The van der Waals surface area contributed by atoms with Crippen molar-refractivity contribution < 1.29 is 14.3 Å². The molecule has 1 aliphatic rings. The molecule has 1 aromatic carbocycles. The van der Waals surface area contributed by atoms with Crippen molar-refractivity contribution in [2.24, 2.45) is 11.8 Å². The van der Waals surface area contributed by atoms with Crippen LogP contribution in [0, 0.1) is 11.8 Å². The number of hydrogen-bond donors (Lipinski definition) is 1. The number of hydrogen-bond acceptors (Lipinski definition) is 4. The second-order valence-electron chi connectivity index (χ2n) is 5.75. The molecule has 0 aromatic heterocycles. The molecule has 0 aliphatic carbocycles. The molecule has 1 aromatic rings. The van der Waals surface area contributed by atoms with Gasteiger partial charge in [0.05, 0.1) is 13.0 Å². The number of rotatable bonds is 5. The molecule has 0 radical (unpaired) electrons. The van der Waals surface area contributed by atoms with Crippen molar-refractivity contribution in [3.63, 3.8) is 0 Å². The van der Waals surface area contributed by atoms with Gasteiger partial charge in [-0.1, -0.05) is 13.8 Å². The van der Waals surface area contributed by atoms with Gasteiger partial charge in [0.25, 0.3) is 0 Å². The summed E-state index contributed by atoms with van der Waals surface area (Å²) in [7, 11) is 1.35. The van der Waals surface area contributed by atoms with Gasteiger partial charge in [0.2, 0.25) is 5.91 Å². The molecule has 5 nitrogen and oxygen atoms in total. The minimum absolute atomic E-state index is 0.0340. The second-order valence-corrected chi connectivity index (χ2v) is 5.75. The van der Waals surface area contributed by atoms with E-state index in [-0.39, 0.29) is 24.2 Å². The number of methoxy groups -OCH3 is 1. The van der Waals surface area contributed by atoms with Crippen molar-refractivity contribution in [3.8, 4) is 0 Å². The summed E-state index contributed by atoms with van der Waals surface area (Å²) >= 11 is 0. The van der Waals surface area contributed by atoms with Crippen LogP contribution in [0.25, 0.3) is 0 Å². The Morgan fingerprint density at radius 2 is 2.05 bits per heavy atom. The van der Waals surface area contributed by atoms with E-state index in [1.54, 1.807) is 4.90 Å². The highest BCUT2D eigenvalue weighted by Crippen LogP contribution is 2.26. The standard InChI is InChI=1S/C16H22N2O3/c1-11(2)9-17-13-4-6-14(7-5-13)18-10-12(8-15(18)19)16(20)21-3/h4-7,11-12,17H,8-10H2,1-3H3. The van der Waals surface area contributed by atoms with Crippen molar-refractivity contribution >= 4 is 23.3 Å². The van der Waals surface area contributed by atoms with Crippen LogP contribution in [0.1, 0.15) is 20.3 Å². The van der Waals surface area contributed by atoms with E-state index >= 15 is 0 Å². The van der Waals surface area contributed by atoms with E-state index < -0.39 is 0 Å². The molecule has 1 heterocycles. The Morgan fingerprint density at radius 1 is 1.38 bits per heavy atom. The van der Waals surface area contributed by atoms with Crippen molar-refractivity contribution in [1.82, 2.24) is 0 Å². The fraction of sp³-hybridized carbons (Fsp3) is 0.500. The smallest absolute Gasteiger partial charge is 0.311 e. The first-order chi connectivity index (χ1) is 10.0. The zero-order valence-corrected chi connectivity index (χ0v) is 12.8. The summed E-state index contributed by atoms with van der Waals surface area (Å²) in [6.07, 6.45) is 0.222. The van der Waals surface area contributed by atoms with Gasteiger partial charge >= 0.3 is 5.97 Å². The lowest BCUT2D eigenvalue weighted by atomic mass is 10.1. The van der Waals surface area contributed by atoms with Gasteiger partial charge in [0.1, 0.15) is 0 Å². The van der Waals surface area contributed by atoms with Crippen molar-refractivity contribution in [2.45, 2.75) is 20.3 Å². The maximum absolute atomic E-state index is 12.0. The predicted octanol–water partition coefficient (Wildman–Crippen LogP) is 2.28. The van der Waals surface area contributed by atoms with Gasteiger partial charge in [-0.2, -0.15) is 0 Å². The van der Waals surface area contributed by atoms with E-state index in [4.69, 9.17) is 4.74 Å². The Morgan fingerprint density at radius 3 is 2.62 bits per heavy atom. The molecule has 0 spiro atoms. The number of carbonyl (C=O) groups is 2. The molecule has 5 heteroatoms.